The summed E-state index contributed by atoms with van der Waals surface area (Å²) in [5.41, 5.74) is 1.63. The van der Waals surface area contributed by atoms with Crippen molar-refractivity contribution in [2.75, 3.05) is 6.61 Å². The van der Waals surface area contributed by atoms with E-state index in [1.807, 2.05) is 32.0 Å². The highest BCUT2D eigenvalue weighted by atomic mass is 16.5. The number of esters is 1. The number of benzene rings is 1. The second kappa shape index (κ2) is 7.26. The first-order valence-corrected chi connectivity index (χ1v) is 6.57. The van der Waals surface area contributed by atoms with Crippen LogP contribution in [0.5, 0.6) is 0 Å². The van der Waals surface area contributed by atoms with Crippen LogP contribution in [-0.4, -0.2) is 28.9 Å². The molecule has 0 amide bonds. The summed E-state index contributed by atoms with van der Waals surface area (Å²) in [7, 11) is 0. The van der Waals surface area contributed by atoms with Gasteiger partial charge in [0.25, 0.3) is 0 Å². The van der Waals surface area contributed by atoms with Gasteiger partial charge in [0.1, 0.15) is 6.10 Å². The number of hydrogen-bond acceptors (Lipinski definition) is 4. The first kappa shape index (κ1) is 15.7. The van der Waals surface area contributed by atoms with Crippen molar-refractivity contribution in [2.24, 2.45) is 0 Å². The lowest BCUT2D eigenvalue weighted by Gasteiger charge is -2.21. The van der Waals surface area contributed by atoms with Crippen LogP contribution in [0, 0.1) is 0 Å². The molecule has 0 spiro atoms. The first-order valence-electron chi connectivity index (χ1n) is 6.57. The molecular formula is C15H22O4. The molecule has 4 heteroatoms. The molecule has 0 bridgehead atoms. The molecule has 2 unspecified atom stereocenters. The lowest BCUT2D eigenvalue weighted by molar-refractivity contribution is -0.147. The maximum atomic E-state index is 11.3. The Hall–Kier alpha value is -1.39. The van der Waals surface area contributed by atoms with Gasteiger partial charge in [-0.3, -0.25) is 4.79 Å². The summed E-state index contributed by atoms with van der Waals surface area (Å²) in [5, 5.41) is 20.1. The molecule has 2 N–H and O–H groups in total. The van der Waals surface area contributed by atoms with Crippen molar-refractivity contribution < 1.29 is 19.7 Å². The molecule has 0 radical (unpaired) electrons. The van der Waals surface area contributed by atoms with Crippen LogP contribution in [0.1, 0.15) is 50.3 Å². The lowest BCUT2D eigenvalue weighted by atomic mass is 9.91. The zero-order chi connectivity index (χ0) is 14.4. The van der Waals surface area contributed by atoms with E-state index >= 15 is 0 Å². The Bertz CT molecular complexity index is 414. The van der Waals surface area contributed by atoms with E-state index in [0.29, 0.717) is 5.56 Å². The second-order valence-corrected chi connectivity index (χ2v) is 4.80. The Balaban J connectivity index is 2.82. The van der Waals surface area contributed by atoms with E-state index in [1.54, 1.807) is 13.0 Å². The molecule has 106 valence electrons. The summed E-state index contributed by atoms with van der Waals surface area (Å²) in [6.45, 7) is 6.01. The van der Waals surface area contributed by atoms with Gasteiger partial charge >= 0.3 is 5.97 Å². The Morgan fingerprint density at radius 3 is 2.32 bits per heavy atom. The van der Waals surface area contributed by atoms with Crippen molar-refractivity contribution in [3.63, 3.8) is 0 Å². The molecule has 0 aliphatic rings. The van der Waals surface area contributed by atoms with Crippen LogP contribution in [0.2, 0.25) is 0 Å². The van der Waals surface area contributed by atoms with E-state index in [0.717, 1.165) is 5.56 Å². The molecule has 0 aliphatic heterocycles. The molecule has 0 aromatic heterocycles. The largest absolute Gasteiger partial charge is 0.466 e. The standard InChI is InChI=1S/C15H22O4/c1-4-19-14(17)9-13(16)15(18)12-8-6-5-7-11(12)10(2)3/h5-8,10,13,15-16,18H,4,9H2,1-3H3. The van der Waals surface area contributed by atoms with E-state index in [-0.39, 0.29) is 18.9 Å². The smallest absolute Gasteiger partial charge is 0.308 e. The van der Waals surface area contributed by atoms with Crippen LogP contribution in [0.25, 0.3) is 0 Å². The number of ether oxygens (including phenoxy) is 1. The van der Waals surface area contributed by atoms with Crippen LogP contribution in [-0.2, 0) is 9.53 Å². The normalized spacial score (nSPS) is 14.2. The van der Waals surface area contributed by atoms with E-state index < -0.39 is 18.2 Å². The maximum Gasteiger partial charge on any atom is 0.308 e. The summed E-state index contributed by atoms with van der Waals surface area (Å²) >= 11 is 0. The Labute approximate surface area is 114 Å². The number of aliphatic hydroxyl groups is 2. The van der Waals surface area contributed by atoms with Gasteiger partial charge in [-0.2, -0.15) is 0 Å². The first-order chi connectivity index (χ1) is 8.97. The molecule has 0 saturated heterocycles. The van der Waals surface area contributed by atoms with Crippen LogP contribution >= 0.6 is 0 Å². The number of rotatable bonds is 6. The number of hydrogen-bond donors (Lipinski definition) is 2. The Morgan fingerprint density at radius 2 is 1.79 bits per heavy atom. The lowest BCUT2D eigenvalue weighted by Crippen LogP contribution is -2.24. The molecular weight excluding hydrogens is 244 g/mol. The van der Waals surface area contributed by atoms with Gasteiger partial charge in [0.05, 0.1) is 19.1 Å². The quantitative estimate of drug-likeness (QED) is 0.774. The molecule has 19 heavy (non-hydrogen) atoms. The monoisotopic (exact) mass is 266 g/mol. The minimum Gasteiger partial charge on any atom is -0.466 e. The number of carbonyl (C=O) groups excluding carboxylic acids is 1. The highest BCUT2D eigenvalue weighted by Crippen LogP contribution is 2.27. The Kier molecular flexibility index (Phi) is 5.99. The van der Waals surface area contributed by atoms with Gasteiger partial charge in [-0.25, -0.2) is 0 Å². The molecule has 2 atom stereocenters. The van der Waals surface area contributed by atoms with Gasteiger partial charge in [-0.05, 0) is 24.0 Å². The molecule has 0 fully saturated rings. The third kappa shape index (κ3) is 4.33. The maximum absolute atomic E-state index is 11.3. The summed E-state index contributed by atoms with van der Waals surface area (Å²) < 4.78 is 4.77. The zero-order valence-electron chi connectivity index (χ0n) is 11.7. The van der Waals surface area contributed by atoms with E-state index in [1.165, 1.54) is 0 Å². The predicted octanol–water partition coefficient (Wildman–Crippen LogP) is 2.16. The summed E-state index contributed by atoms with van der Waals surface area (Å²) in [6.07, 6.45) is -2.44. The van der Waals surface area contributed by atoms with E-state index in [2.05, 4.69) is 0 Å². The predicted molar refractivity (Wildman–Crippen MR) is 72.7 cm³/mol. The van der Waals surface area contributed by atoms with E-state index in [4.69, 9.17) is 4.74 Å². The van der Waals surface area contributed by atoms with Crippen molar-refractivity contribution in [1.82, 2.24) is 0 Å². The van der Waals surface area contributed by atoms with Gasteiger partial charge in [0, 0.05) is 0 Å². The van der Waals surface area contributed by atoms with Crippen molar-refractivity contribution >= 4 is 5.97 Å². The molecule has 0 saturated carbocycles. The molecule has 0 aliphatic carbocycles. The Morgan fingerprint density at radius 1 is 1.21 bits per heavy atom. The van der Waals surface area contributed by atoms with Gasteiger partial charge in [0.15, 0.2) is 0 Å². The number of carbonyl (C=O) groups is 1. The molecule has 1 aromatic rings. The minimum atomic E-state index is -1.15. The highest BCUT2D eigenvalue weighted by molar-refractivity contribution is 5.70. The summed E-state index contributed by atoms with van der Waals surface area (Å²) in [4.78, 5) is 11.3. The zero-order valence-corrected chi connectivity index (χ0v) is 11.7. The topological polar surface area (TPSA) is 66.8 Å². The summed E-state index contributed by atoms with van der Waals surface area (Å²) in [6, 6.07) is 7.39. The minimum absolute atomic E-state index is 0.207. The van der Waals surface area contributed by atoms with Gasteiger partial charge in [-0.15, -0.1) is 0 Å². The van der Waals surface area contributed by atoms with Gasteiger partial charge in [-0.1, -0.05) is 38.1 Å². The SMILES string of the molecule is CCOC(=O)CC(O)C(O)c1ccccc1C(C)C. The van der Waals surface area contributed by atoms with Crippen LogP contribution in [0.15, 0.2) is 24.3 Å². The fourth-order valence-electron chi connectivity index (χ4n) is 2.02. The van der Waals surface area contributed by atoms with Crippen molar-refractivity contribution in [3.05, 3.63) is 35.4 Å². The molecule has 0 heterocycles. The average molecular weight is 266 g/mol. The van der Waals surface area contributed by atoms with Crippen LogP contribution in [0.4, 0.5) is 0 Å². The third-order valence-corrected chi connectivity index (χ3v) is 2.98. The highest BCUT2D eigenvalue weighted by Gasteiger charge is 2.24. The van der Waals surface area contributed by atoms with Crippen LogP contribution in [0.3, 0.4) is 0 Å². The molecule has 1 rings (SSSR count). The van der Waals surface area contributed by atoms with E-state index in [9.17, 15) is 15.0 Å². The average Bonchev–Trinajstić information content (AvgIpc) is 2.37. The molecule has 1 aromatic carbocycles. The van der Waals surface area contributed by atoms with Gasteiger partial charge < -0.3 is 14.9 Å². The van der Waals surface area contributed by atoms with Crippen molar-refractivity contribution in [1.29, 1.82) is 0 Å². The van der Waals surface area contributed by atoms with Crippen molar-refractivity contribution in [3.8, 4) is 0 Å². The van der Waals surface area contributed by atoms with Crippen molar-refractivity contribution in [2.45, 2.75) is 45.3 Å². The third-order valence-electron chi connectivity index (χ3n) is 2.98. The second-order valence-electron chi connectivity index (χ2n) is 4.80. The van der Waals surface area contributed by atoms with Crippen LogP contribution < -0.4 is 0 Å². The fraction of sp³-hybridized carbons (Fsp3) is 0.533. The summed E-state index contributed by atoms with van der Waals surface area (Å²) in [5.74, 6) is -0.267. The van der Waals surface area contributed by atoms with Gasteiger partial charge in [0.2, 0.25) is 0 Å². The molecule has 4 nitrogen and oxygen atoms in total. The fourth-order valence-corrected chi connectivity index (χ4v) is 2.02. The number of aliphatic hydroxyl groups excluding tert-OH is 2.